The summed E-state index contributed by atoms with van der Waals surface area (Å²) in [5.74, 6) is 0.752. The molecule has 1 aliphatic heterocycles. The minimum Gasteiger partial charge on any atom is -0.486 e. The second kappa shape index (κ2) is 7.86. The molecular formula is C18H16ClNO4. The van der Waals surface area contributed by atoms with E-state index in [9.17, 15) is 4.79 Å². The molecule has 0 fully saturated rings. The Kier molecular flexibility index (Phi) is 5.36. The van der Waals surface area contributed by atoms with Crippen LogP contribution in [0.1, 0.15) is 11.1 Å². The molecule has 5 nitrogen and oxygen atoms in total. The molecule has 24 heavy (non-hydrogen) atoms. The Morgan fingerprint density at radius 3 is 2.83 bits per heavy atom. The smallest absolute Gasteiger partial charge is 0.267 e. The highest BCUT2D eigenvalue weighted by molar-refractivity contribution is 6.32. The molecule has 2 aromatic carbocycles. The minimum absolute atomic E-state index is 0.302. The molecule has 0 aromatic heterocycles. The highest BCUT2D eigenvalue weighted by Gasteiger charge is 2.15. The lowest BCUT2D eigenvalue weighted by molar-refractivity contribution is -0.129. The number of fused-ring (bicyclic) bond motifs is 1. The predicted molar refractivity (Wildman–Crippen MR) is 90.8 cm³/mol. The van der Waals surface area contributed by atoms with E-state index >= 15 is 0 Å². The highest BCUT2D eigenvalue weighted by atomic mass is 35.5. The number of nitrogens with one attached hydrogen (secondary N) is 1. The Bertz CT molecular complexity index is 746. The monoisotopic (exact) mass is 345 g/mol. The van der Waals surface area contributed by atoms with E-state index in [1.54, 1.807) is 18.2 Å². The first-order valence-electron chi connectivity index (χ1n) is 7.45. The van der Waals surface area contributed by atoms with Crippen molar-refractivity contribution in [1.82, 2.24) is 5.48 Å². The Balaban J connectivity index is 1.55. The van der Waals surface area contributed by atoms with Crippen LogP contribution in [0.15, 0.2) is 48.5 Å². The largest absolute Gasteiger partial charge is 0.486 e. The second-order valence-electron chi connectivity index (χ2n) is 5.10. The maximum atomic E-state index is 11.8. The Morgan fingerprint density at radius 1 is 1.21 bits per heavy atom. The van der Waals surface area contributed by atoms with E-state index < -0.39 is 0 Å². The molecule has 1 aliphatic rings. The minimum atomic E-state index is -0.364. The van der Waals surface area contributed by atoms with Gasteiger partial charge in [0, 0.05) is 6.08 Å². The lowest BCUT2D eigenvalue weighted by atomic mass is 10.1. The van der Waals surface area contributed by atoms with Crippen molar-refractivity contribution in [2.45, 2.75) is 6.61 Å². The molecular weight excluding hydrogens is 330 g/mol. The maximum Gasteiger partial charge on any atom is 0.267 e. The number of hydrogen-bond donors (Lipinski definition) is 1. The van der Waals surface area contributed by atoms with E-state index in [0.29, 0.717) is 36.3 Å². The average molecular weight is 346 g/mol. The summed E-state index contributed by atoms with van der Waals surface area (Å²) in [5.41, 5.74) is 4.07. The van der Waals surface area contributed by atoms with Crippen molar-refractivity contribution in [2.24, 2.45) is 0 Å². The van der Waals surface area contributed by atoms with Gasteiger partial charge in [0.2, 0.25) is 0 Å². The first-order chi connectivity index (χ1) is 11.7. The lowest BCUT2D eigenvalue weighted by Crippen LogP contribution is -2.21. The van der Waals surface area contributed by atoms with Crippen LogP contribution in [0.5, 0.6) is 11.5 Å². The van der Waals surface area contributed by atoms with E-state index in [0.717, 1.165) is 11.1 Å². The molecule has 0 radical (unpaired) electrons. The summed E-state index contributed by atoms with van der Waals surface area (Å²) in [4.78, 5) is 16.9. The van der Waals surface area contributed by atoms with Gasteiger partial charge in [-0.05, 0) is 29.3 Å². The molecule has 1 amide bonds. The quantitative estimate of drug-likeness (QED) is 0.666. The zero-order chi connectivity index (χ0) is 16.8. The molecule has 124 valence electrons. The number of carbonyl (C=O) groups excluding carboxylic acids is 1. The summed E-state index contributed by atoms with van der Waals surface area (Å²) >= 11 is 6.15. The summed E-state index contributed by atoms with van der Waals surface area (Å²) in [6.07, 6.45) is 3.00. The van der Waals surface area contributed by atoms with Crippen LogP contribution >= 0.6 is 11.6 Å². The van der Waals surface area contributed by atoms with Crippen LogP contribution in [0, 0.1) is 0 Å². The van der Waals surface area contributed by atoms with Crippen molar-refractivity contribution < 1.29 is 19.1 Å². The summed E-state index contributed by atoms with van der Waals surface area (Å²) in [5, 5.41) is 0.451. The van der Waals surface area contributed by atoms with Crippen LogP contribution in [0.25, 0.3) is 6.08 Å². The van der Waals surface area contributed by atoms with E-state index in [-0.39, 0.29) is 5.91 Å². The molecule has 0 atom stereocenters. The third kappa shape index (κ3) is 4.28. The van der Waals surface area contributed by atoms with Gasteiger partial charge in [0.25, 0.3) is 5.91 Å². The lowest BCUT2D eigenvalue weighted by Gasteiger charge is -2.19. The third-order valence-electron chi connectivity index (χ3n) is 3.30. The third-order valence-corrected chi connectivity index (χ3v) is 3.58. The van der Waals surface area contributed by atoms with Gasteiger partial charge in [-0.25, -0.2) is 5.48 Å². The Hall–Kier alpha value is -2.50. The fourth-order valence-electron chi connectivity index (χ4n) is 2.20. The van der Waals surface area contributed by atoms with Crippen molar-refractivity contribution >= 4 is 23.6 Å². The number of carbonyl (C=O) groups is 1. The fraction of sp³-hybridized carbons (Fsp3) is 0.167. The van der Waals surface area contributed by atoms with Crippen LogP contribution in [-0.2, 0) is 16.2 Å². The van der Waals surface area contributed by atoms with Crippen molar-refractivity contribution in [2.75, 3.05) is 13.2 Å². The van der Waals surface area contributed by atoms with Crippen molar-refractivity contribution in [3.8, 4) is 11.5 Å². The normalized spacial score (nSPS) is 13.0. The first kappa shape index (κ1) is 16.4. The summed E-state index contributed by atoms with van der Waals surface area (Å²) < 4.78 is 10.9. The van der Waals surface area contributed by atoms with Gasteiger partial charge in [0.05, 0.1) is 11.6 Å². The van der Waals surface area contributed by atoms with Crippen LogP contribution in [0.4, 0.5) is 0 Å². The number of amides is 1. The Morgan fingerprint density at radius 2 is 2.00 bits per heavy atom. The molecule has 0 bridgehead atoms. The van der Waals surface area contributed by atoms with Gasteiger partial charge in [-0.1, -0.05) is 41.9 Å². The Labute approximate surface area is 144 Å². The average Bonchev–Trinajstić information content (AvgIpc) is 2.61. The first-order valence-corrected chi connectivity index (χ1v) is 7.83. The van der Waals surface area contributed by atoms with Gasteiger partial charge in [-0.2, -0.15) is 0 Å². The van der Waals surface area contributed by atoms with Crippen LogP contribution in [0.2, 0.25) is 5.02 Å². The van der Waals surface area contributed by atoms with E-state index in [1.165, 1.54) is 6.08 Å². The molecule has 3 rings (SSSR count). The fourth-order valence-corrected chi connectivity index (χ4v) is 2.47. The molecule has 1 heterocycles. The zero-order valence-corrected chi connectivity index (χ0v) is 13.6. The number of benzene rings is 2. The number of ether oxygens (including phenoxy) is 2. The van der Waals surface area contributed by atoms with Crippen molar-refractivity contribution in [3.63, 3.8) is 0 Å². The molecule has 0 aliphatic carbocycles. The van der Waals surface area contributed by atoms with Crippen LogP contribution in [-0.4, -0.2) is 19.1 Å². The topological polar surface area (TPSA) is 56.8 Å². The molecule has 0 saturated carbocycles. The number of rotatable bonds is 5. The maximum absolute atomic E-state index is 11.8. The SMILES string of the molecule is O=C(C=Cc1cc(Cl)c2c(c1)OCCO2)NOCc1ccccc1. The van der Waals surface area contributed by atoms with Crippen molar-refractivity contribution in [1.29, 1.82) is 0 Å². The summed E-state index contributed by atoms with van der Waals surface area (Å²) in [6.45, 7) is 1.25. The van der Waals surface area contributed by atoms with Gasteiger partial charge in [-0.15, -0.1) is 0 Å². The van der Waals surface area contributed by atoms with Gasteiger partial charge < -0.3 is 9.47 Å². The molecule has 2 aromatic rings. The van der Waals surface area contributed by atoms with E-state index in [2.05, 4.69) is 5.48 Å². The van der Waals surface area contributed by atoms with Gasteiger partial charge >= 0.3 is 0 Å². The van der Waals surface area contributed by atoms with Gasteiger partial charge in [0.1, 0.15) is 13.2 Å². The molecule has 1 N–H and O–H groups in total. The zero-order valence-electron chi connectivity index (χ0n) is 12.8. The number of hydrogen-bond acceptors (Lipinski definition) is 4. The predicted octanol–water partition coefficient (Wildman–Crippen LogP) is 3.37. The molecule has 0 unspecified atom stereocenters. The van der Waals surface area contributed by atoms with E-state index in [1.807, 2.05) is 30.3 Å². The molecule has 6 heteroatoms. The highest BCUT2D eigenvalue weighted by Crippen LogP contribution is 2.38. The van der Waals surface area contributed by atoms with Gasteiger partial charge in [-0.3, -0.25) is 9.63 Å². The summed E-state index contributed by atoms with van der Waals surface area (Å²) in [7, 11) is 0. The van der Waals surface area contributed by atoms with Crippen molar-refractivity contribution in [3.05, 3.63) is 64.7 Å². The molecule has 0 saturated heterocycles. The number of halogens is 1. The summed E-state index contributed by atoms with van der Waals surface area (Å²) in [6, 6.07) is 13.1. The number of hydroxylamine groups is 1. The van der Waals surface area contributed by atoms with Crippen LogP contribution in [0.3, 0.4) is 0 Å². The van der Waals surface area contributed by atoms with Gasteiger partial charge in [0.15, 0.2) is 11.5 Å². The standard InChI is InChI=1S/C18H16ClNO4/c19-15-10-14(11-16-18(15)23-9-8-22-16)6-7-17(21)20-24-12-13-4-2-1-3-5-13/h1-7,10-11H,8-9,12H2,(H,20,21). The second-order valence-corrected chi connectivity index (χ2v) is 5.51. The van der Waals surface area contributed by atoms with E-state index in [4.69, 9.17) is 25.9 Å². The molecule has 0 spiro atoms. The van der Waals surface area contributed by atoms with Crippen LogP contribution < -0.4 is 15.0 Å².